The van der Waals surface area contributed by atoms with Crippen LogP contribution in [0.25, 0.3) is 200 Å². The maximum atomic E-state index is 6.97. The first kappa shape index (κ1) is 72.9. The van der Waals surface area contributed by atoms with Gasteiger partial charge in [-0.15, -0.1) is 0 Å². The Morgan fingerprint density at radius 1 is 0.177 bits per heavy atom. The van der Waals surface area contributed by atoms with Gasteiger partial charge in [-0.25, -0.2) is 39.9 Å². The lowest BCUT2D eigenvalue weighted by Gasteiger charge is -2.39. The van der Waals surface area contributed by atoms with Gasteiger partial charge in [-0.2, -0.15) is 0 Å². The zero-order valence-electron chi connectivity index (χ0n) is 69.5. The molecule has 0 N–H and O–H groups in total. The summed E-state index contributed by atoms with van der Waals surface area (Å²) >= 11 is 0. The van der Waals surface area contributed by atoms with E-state index in [1.807, 2.05) is 121 Å². The summed E-state index contributed by atoms with van der Waals surface area (Å²) in [5.41, 5.74) is 27.4. The van der Waals surface area contributed by atoms with Crippen LogP contribution in [0.3, 0.4) is 0 Å². The highest BCUT2D eigenvalue weighted by Gasteiger charge is 2.53. The van der Waals surface area contributed by atoms with E-state index in [-0.39, 0.29) is 0 Å². The minimum atomic E-state index is -0.574. The Morgan fingerprint density at radius 3 is 0.985 bits per heavy atom. The van der Waals surface area contributed by atoms with Crippen molar-refractivity contribution in [2.45, 2.75) is 10.8 Å². The number of furan rings is 2. The van der Waals surface area contributed by atoms with E-state index in [4.69, 9.17) is 58.2 Å². The molecule has 12 nitrogen and oxygen atoms in total. The molecule has 0 amide bonds. The number of para-hydroxylation sites is 7. The molecule has 12 heteroatoms. The van der Waals surface area contributed by atoms with Gasteiger partial charge < -0.3 is 18.3 Å². The monoisotopic (exact) mass is 1660 g/mol. The second kappa shape index (κ2) is 28.5. The molecule has 18 aromatic carbocycles. The molecule has 0 unspecified atom stereocenters. The summed E-state index contributed by atoms with van der Waals surface area (Å²) in [6.45, 7) is 0. The third kappa shape index (κ3) is 10.9. The van der Waals surface area contributed by atoms with E-state index in [1.54, 1.807) is 0 Å². The molecule has 0 atom stereocenters. The van der Waals surface area contributed by atoms with Crippen LogP contribution in [-0.2, 0) is 10.8 Å². The molecule has 604 valence electrons. The first-order valence-corrected chi connectivity index (χ1v) is 43.7. The number of ether oxygens (including phenoxy) is 2. The summed E-state index contributed by atoms with van der Waals surface area (Å²) < 4.78 is 26.7. The number of hydrogen-bond acceptors (Lipinski definition) is 12. The third-order valence-corrected chi connectivity index (χ3v) is 26.8. The Kier molecular flexibility index (Phi) is 16.0. The van der Waals surface area contributed by atoms with Crippen LogP contribution in [0.1, 0.15) is 44.5 Å². The molecule has 130 heavy (non-hydrogen) atoms. The van der Waals surface area contributed by atoms with Crippen molar-refractivity contribution in [3.05, 3.63) is 457 Å². The van der Waals surface area contributed by atoms with Gasteiger partial charge >= 0.3 is 0 Å². The minimum Gasteiger partial charge on any atom is -0.457 e. The Morgan fingerprint density at radius 2 is 0.508 bits per heavy atom. The second-order valence-electron chi connectivity index (χ2n) is 33.7. The molecule has 2 spiro atoms. The van der Waals surface area contributed by atoms with Crippen molar-refractivity contribution in [2.24, 2.45) is 0 Å². The number of nitrogens with zero attached hydrogens (tertiary/aromatic N) is 8. The smallest absolute Gasteiger partial charge is 0.167 e. The van der Waals surface area contributed by atoms with Gasteiger partial charge in [-0.1, -0.05) is 340 Å². The van der Waals surface area contributed by atoms with Gasteiger partial charge in [0.05, 0.1) is 38.8 Å². The molecule has 0 saturated heterocycles. The molecule has 24 aromatic rings. The summed E-state index contributed by atoms with van der Waals surface area (Å²) in [6, 6.07) is 144. The van der Waals surface area contributed by atoms with E-state index in [2.05, 4.69) is 291 Å². The molecule has 2 aliphatic carbocycles. The van der Waals surface area contributed by atoms with Gasteiger partial charge in [-0.05, 0) is 128 Å². The molecule has 6 aromatic heterocycles. The van der Waals surface area contributed by atoms with Gasteiger partial charge in [0.1, 0.15) is 45.3 Å². The Hall–Kier alpha value is -17.5. The molecule has 8 heterocycles. The summed E-state index contributed by atoms with van der Waals surface area (Å²) in [4.78, 5) is 41.3. The quantitative estimate of drug-likeness (QED) is 0.133. The maximum Gasteiger partial charge on any atom is 0.167 e. The van der Waals surface area contributed by atoms with E-state index < -0.39 is 10.8 Å². The number of hydrogen-bond donors (Lipinski definition) is 0. The number of benzene rings is 18. The minimum absolute atomic E-state index is 0.543. The topological polar surface area (TPSA) is 148 Å². The van der Waals surface area contributed by atoms with Crippen LogP contribution in [0, 0.1) is 0 Å². The summed E-state index contributed by atoms with van der Waals surface area (Å²) in [6.07, 6.45) is 0. The fourth-order valence-corrected chi connectivity index (χ4v) is 21.2. The first-order chi connectivity index (χ1) is 64.4. The van der Waals surface area contributed by atoms with Gasteiger partial charge in [0, 0.05) is 104 Å². The fourth-order valence-electron chi connectivity index (χ4n) is 21.2. The molecule has 2 aliphatic heterocycles. The van der Waals surface area contributed by atoms with Crippen LogP contribution in [0.4, 0.5) is 0 Å². The first-order valence-electron chi connectivity index (χ1n) is 43.7. The zero-order valence-corrected chi connectivity index (χ0v) is 69.5. The Bertz CT molecular complexity index is 8800. The highest BCUT2D eigenvalue weighted by Crippen LogP contribution is 2.65. The summed E-state index contributed by atoms with van der Waals surface area (Å²) in [5.74, 6) is 6.80. The molecule has 0 saturated carbocycles. The van der Waals surface area contributed by atoms with Crippen molar-refractivity contribution in [3.63, 3.8) is 0 Å². The number of rotatable bonds is 8. The van der Waals surface area contributed by atoms with Crippen LogP contribution in [0.15, 0.2) is 421 Å². The molecule has 0 radical (unpaired) electrons. The average Bonchev–Trinajstić information content (AvgIpc) is 1.49. The highest BCUT2D eigenvalue weighted by molar-refractivity contribution is 6.16. The van der Waals surface area contributed by atoms with E-state index >= 15 is 0 Å². The molecule has 0 fully saturated rings. The van der Waals surface area contributed by atoms with Crippen molar-refractivity contribution in [1.29, 1.82) is 0 Å². The molecule has 28 rings (SSSR count). The number of pyridine rings is 2. The Balaban J connectivity index is 0.000000134. The molecule has 0 bridgehead atoms. The predicted octanol–water partition coefficient (Wildman–Crippen LogP) is 29.2. The normalized spacial score (nSPS) is 13.2. The van der Waals surface area contributed by atoms with E-state index in [9.17, 15) is 0 Å². The van der Waals surface area contributed by atoms with E-state index in [1.165, 1.54) is 44.5 Å². The number of fused-ring (bicyclic) bond motifs is 30. The fraction of sp³-hybridized carbons (Fsp3) is 0.0169. The molecular formula is C118H68N8O4. The third-order valence-electron chi connectivity index (χ3n) is 26.8. The van der Waals surface area contributed by atoms with Crippen molar-refractivity contribution >= 4 is 87.2 Å². The lowest BCUT2D eigenvalue weighted by atomic mass is 9.65. The number of aromatic nitrogens is 8. The lowest BCUT2D eigenvalue weighted by molar-refractivity contribution is 0.437. The van der Waals surface area contributed by atoms with Crippen molar-refractivity contribution in [2.75, 3.05) is 0 Å². The lowest BCUT2D eigenvalue weighted by Crippen LogP contribution is -2.32. The molecular weight excluding hydrogens is 1590 g/mol. The molecule has 4 aliphatic rings. The van der Waals surface area contributed by atoms with Crippen LogP contribution in [-0.4, -0.2) is 39.9 Å². The largest absolute Gasteiger partial charge is 0.457 e. The van der Waals surface area contributed by atoms with Crippen LogP contribution < -0.4 is 9.47 Å². The zero-order chi connectivity index (χ0) is 85.3. The highest BCUT2D eigenvalue weighted by atomic mass is 16.5. The van der Waals surface area contributed by atoms with Crippen LogP contribution in [0.2, 0.25) is 0 Å². The van der Waals surface area contributed by atoms with Crippen LogP contribution >= 0.6 is 0 Å². The summed E-state index contributed by atoms with van der Waals surface area (Å²) in [7, 11) is 0. The van der Waals surface area contributed by atoms with Crippen molar-refractivity contribution in [3.8, 4) is 136 Å². The van der Waals surface area contributed by atoms with E-state index in [0.29, 0.717) is 34.9 Å². The maximum absolute atomic E-state index is 6.97. The van der Waals surface area contributed by atoms with Crippen molar-refractivity contribution in [1.82, 2.24) is 39.9 Å². The average molecular weight is 1660 g/mol. The van der Waals surface area contributed by atoms with Gasteiger partial charge in [-0.3, -0.25) is 0 Å². The standard InChI is InChI=1S/2C59H34N4O2/c1-2-15-36(16-3-1)56-61-57(63-58(62-56)43-22-14-21-42-41-20-7-12-27-51(41)65-55(42)43)37-31-29-35(30-32-37)54-45-34-53-49(33-44(45)40-19-6-11-26-50(40)60-54)59(48-25-10-13-28-52(48)64-53)46-23-8-4-17-38(46)39-18-5-9-24-47(39)59;1-2-15-36(16-3-1)56-61-57(63-58(62-56)42-21-14-28-52-54(42)41-20-7-12-26-50(41)64-52)37-31-29-35(30-32-37)55-44-34-53-48(33-43(44)40-19-6-11-25-49(40)60-55)59(47-24-10-13-27-51(47)65-53)45-22-8-4-17-38(45)39-18-5-9-23-46(39)59/h2*1-34H. The second-order valence-corrected chi connectivity index (χ2v) is 33.7. The van der Waals surface area contributed by atoms with Gasteiger partial charge in [0.25, 0.3) is 0 Å². The van der Waals surface area contributed by atoms with E-state index in [0.717, 1.165) is 188 Å². The van der Waals surface area contributed by atoms with Gasteiger partial charge in [0.15, 0.2) is 34.9 Å². The van der Waals surface area contributed by atoms with Gasteiger partial charge in [0.2, 0.25) is 0 Å². The predicted molar refractivity (Wildman–Crippen MR) is 518 cm³/mol. The SMILES string of the molecule is c1ccc(-c2nc(-c3ccc(-c4nc5ccccc5c5cc6c(cc45)Oc4ccccc4C64c5ccccc5-c5ccccc54)cc3)nc(-c3cccc4c3oc3ccccc34)n2)cc1.c1ccc(-c2nc(-c3ccc(-c4nc5ccccc5c5cc6c(cc45)Oc4ccccc4C64c5ccccc5-c5ccccc54)cc3)nc(-c3cccc4oc5ccccc5c34)n2)cc1. The van der Waals surface area contributed by atoms with Crippen molar-refractivity contribution < 1.29 is 18.3 Å². The summed E-state index contributed by atoms with van der Waals surface area (Å²) in [5, 5.41) is 10.5. The van der Waals surface area contributed by atoms with Crippen LogP contribution in [0.5, 0.6) is 23.0 Å². The Labute approximate surface area is 744 Å².